The second-order valence-electron chi connectivity index (χ2n) is 5.94. The SMILES string of the molecule is CC1(C)C(O)CCN1C[Si](C)(C)C. The summed E-state index contributed by atoms with van der Waals surface area (Å²) in [6, 6.07) is 0. The normalized spacial score (nSPS) is 29.5. The summed E-state index contributed by atoms with van der Waals surface area (Å²) < 4.78 is 0. The molecule has 78 valence electrons. The van der Waals surface area contributed by atoms with Crippen molar-refractivity contribution >= 4 is 8.07 Å². The smallest absolute Gasteiger partial charge is 0.0730 e. The van der Waals surface area contributed by atoms with Gasteiger partial charge < -0.3 is 5.11 Å². The van der Waals surface area contributed by atoms with Crippen molar-refractivity contribution in [2.24, 2.45) is 0 Å². The van der Waals surface area contributed by atoms with Gasteiger partial charge in [0.25, 0.3) is 0 Å². The highest BCUT2D eigenvalue weighted by Crippen LogP contribution is 2.29. The van der Waals surface area contributed by atoms with Crippen LogP contribution in [0.15, 0.2) is 0 Å². The maximum atomic E-state index is 9.80. The molecule has 1 aliphatic rings. The molecular formula is C10H23NOSi. The summed E-state index contributed by atoms with van der Waals surface area (Å²) in [5.74, 6) is 0. The van der Waals surface area contributed by atoms with Crippen LogP contribution in [0.2, 0.25) is 19.6 Å². The molecule has 0 aliphatic carbocycles. The zero-order chi connectivity index (χ0) is 10.3. The van der Waals surface area contributed by atoms with E-state index in [4.69, 9.17) is 0 Å². The first-order chi connectivity index (χ1) is 5.73. The first kappa shape index (κ1) is 11.2. The van der Waals surface area contributed by atoms with E-state index in [-0.39, 0.29) is 11.6 Å². The van der Waals surface area contributed by atoms with E-state index in [9.17, 15) is 5.11 Å². The molecule has 1 atom stereocenters. The molecule has 1 fully saturated rings. The Bertz CT molecular complexity index is 186. The number of likely N-dealkylation sites (tertiary alicyclic amines) is 1. The number of aliphatic hydroxyl groups excluding tert-OH is 1. The van der Waals surface area contributed by atoms with Crippen molar-refractivity contribution in [3.05, 3.63) is 0 Å². The molecule has 0 radical (unpaired) electrons. The minimum Gasteiger partial charge on any atom is -0.391 e. The lowest BCUT2D eigenvalue weighted by Crippen LogP contribution is -2.51. The molecule has 0 aromatic heterocycles. The summed E-state index contributed by atoms with van der Waals surface area (Å²) >= 11 is 0. The van der Waals surface area contributed by atoms with Gasteiger partial charge in [-0.2, -0.15) is 0 Å². The van der Waals surface area contributed by atoms with Crippen molar-refractivity contribution in [2.75, 3.05) is 12.7 Å². The van der Waals surface area contributed by atoms with Crippen molar-refractivity contribution in [2.45, 2.75) is 51.6 Å². The zero-order valence-corrected chi connectivity index (χ0v) is 10.6. The lowest BCUT2D eigenvalue weighted by atomic mass is 9.99. The average Bonchev–Trinajstić information content (AvgIpc) is 2.13. The summed E-state index contributed by atoms with van der Waals surface area (Å²) in [5, 5.41) is 9.80. The molecule has 0 aromatic carbocycles. The molecule has 1 N–H and O–H groups in total. The summed E-state index contributed by atoms with van der Waals surface area (Å²) in [4.78, 5) is 2.46. The van der Waals surface area contributed by atoms with E-state index < -0.39 is 8.07 Å². The van der Waals surface area contributed by atoms with E-state index in [1.54, 1.807) is 0 Å². The third-order valence-electron chi connectivity index (χ3n) is 2.97. The summed E-state index contributed by atoms with van der Waals surface area (Å²) in [6.45, 7) is 12.5. The lowest BCUT2D eigenvalue weighted by Gasteiger charge is -2.37. The van der Waals surface area contributed by atoms with Crippen LogP contribution in [0.1, 0.15) is 20.3 Å². The second kappa shape index (κ2) is 3.37. The molecule has 0 aromatic rings. The Kier molecular flexibility index (Phi) is 2.91. The number of rotatable bonds is 2. The fourth-order valence-electron chi connectivity index (χ4n) is 1.99. The van der Waals surface area contributed by atoms with Crippen LogP contribution in [-0.2, 0) is 0 Å². The Morgan fingerprint density at radius 3 is 2.23 bits per heavy atom. The summed E-state index contributed by atoms with van der Waals surface area (Å²) in [6.07, 6.45) is 2.01. The van der Waals surface area contributed by atoms with Gasteiger partial charge in [0.1, 0.15) is 0 Å². The van der Waals surface area contributed by atoms with Crippen LogP contribution >= 0.6 is 0 Å². The van der Waals surface area contributed by atoms with Crippen LogP contribution < -0.4 is 0 Å². The number of hydrogen-bond acceptors (Lipinski definition) is 2. The average molecular weight is 201 g/mol. The van der Waals surface area contributed by atoms with Gasteiger partial charge in [0.05, 0.1) is 14.2 Å². The van der Waals surface area contributed by atoms with Gasteiger partial charge in [-0.05, 0) is 26.4 Å². The zero-order valence-electron chi connectivity index (χ0n) is 9.59. The van der Waals surface area contributed by atoms with Gasteiger partial charge in [-0.1, -0.05) is 19.6 Å². The third kappa shape index (κ3) is 2.54. The highest BCUT2D eigenvalue weighted by atomic mass is 28.3. The molecular weight excluding hydrogens is 178 g/mol. The van der Waals surface area contributed by atoms with Crippen molar-refractivity contribution in [1.29, 1.82) is 0 Å². The quantitative estimate of drug-likeness (QED) is 0.688. The van der Waals surface area contributed by atoms with E-state index in [0.29, 0.717) is 0 Å². The molecule has 1 heterocycles. The van der Waals surface area contributed by atoms with Gasteiger partial charge in [-0.3, -0.25) is 4.90 Å². The highest BCUT2D eigenvalue weighted by Gasteiger charge is 2.41. The van der Waals surface area contributed by atoms with Crippen LogP contribution in [0.3, 0.4) is 0 Å². The Morgan fingerprint density at radius 2 is 1.92 bits per heavy atom. The molecule has 0 saturated carbocycles. The van der Waals surface area contributed by atoms with Crippen LogP contribution in [0.4, 0.5) is 0 Å². The largest absolute Gasteiger partial charge is 0.391 e. The minimum atomic E-state index is -1.03. The molecule has 13 heavy (non-hydrogen) atoms. The van der Waals surface area contributed by atoms with Crippen molar-refractivity contribution in [3.63, 3.8) is 0 Å². The topological polar surface area (TPSA) is 23.5 Å². The first-order valence-electron chi connectivity index (χ1n) is 5.16. The van der Waals surface area contributed by atoms with Gasteiger partial charge in [0, 0.05) is 12.1 Å². The monoisotopic (exact) mass is 201 g/mol. The Balaban J connectivity index is 2.63. The number of aliphatic hydroxyl groups is 1. The van der Waals surface area contributed by atoms with Crippen LogP contribution in [0.25, 0.3) is 0 Å². The highest BCUT2D eigenvalue weighted by molar-refractivity contribution is 6.76. The standard InChI is InChI=1S/C10H23NOSi/c1-10(2)9(12)6-7-11(10)8-13(3,4)5/h9,12H,6-8H2,1-5H3. The van der Waals surface area contributed by atoms with Crippen molar-refractivity contribution in [3.8, 4) is 0 Å². The maximum absolute atomic E-state index is 9.80. The fourth-order valence-corrected chi connectivity index (χ4v) is 3.70. The predicted octanol–water partition coefficient (Wildman–Crippen LogP) is 1.71. The van der Waals surface area contributed by atoms with Crippen molar-refractivity contribution in [1.82, 2.24) is 4.90 Å². The molecule has 1 saturated heterocycles. The van der Waals surface area contributed by atoms with Crippen LogP contribution in [-0.4, -0.2) is 42.4 Å². The van der Waals surface area contributed by atoms with E-state index >= 15 is 0 Å². The second-order valence-corrected chi connectivity index (χ2v) is 11.4. The molecule has 1 rings (SSSR count). The lowest BCUT2D eigenvalue weighted by molar-refractivity contribution is 0.0631. The number of nitrogens with zero attached hydrogens (tertiary/aromatic N) is 1. The van der Waals surface area contributed by atoms with Gasteiger partial charge >= 0.3 is 0 Å². The van der Waals surface area contributed by atoms with E-state index in [0.717, 1.165) is 13.0 Å². The van der Waals surface area contributed by atoms with E-state index in [1.807, 2.05) is 0 Å². The van der Waals surface area contributed by atoms with Gasteiger partial charge in [-0.25, -0.2) is 0 Å². The Hall–Kier alpha value is 0.137. The van der Waals surface area contributed by atoms with Crippen LogP contribution in [0, 0.1) is 0 Å². The molecule has 1 unspecified atom stereocenters. The van der Waals surface area contributed by atoms with Crippen LogP contribution in [0.5, 0.6) is 0 Å². The first-order valence-corrected chi connectivity index (χ1v) is 8.87. The maximum Gasteiger partial charge on any atom is 0.0730 e. The third-order valence-corrected chi connectivity index (χ3v) is 4.30. The van der Waals surface area contributed by atoms with E-state index in [2.05, 4.69) is 38.4 Å². The molecule has 1 aliphatic heterocycles. The predicted molar refractivity (Wildman–Crippen MR) is 59.6 cm³/mol. The van der Waals surface area contributed by atoms with E-state index in [1.165, 1.54) is 6.17 Å². The molecule has 0 amide bonds. The molecule has 2 nitrogen and oxygen atoms in total. The molecule has 3 heteroatoms. The Morgan fingerprint density at radius 1 is 1.38 bits per heavy atom. The van der Waals surface area contributed by atoms with Gasteiger partial charge in [-0.15, -0.1) is 0 Å². The number of hydrogen-bond donors (Lipinski definition) is 1. The summed E-state index contributed by atoms with van der Waals surface area (Å²) in [5.41, 5.74) is 0.000278. The molecule has 0 spiro atoms. The van der Waals surface area contributed by atoms with Gasteiger partial charge in [0.15, 0.2) is 0 Å². The summed E-state index contributed by atoms with van der Waals surface area (Å²) in [7, 11) is -1.03. The minimum absolute atomic E-state index is 0.000278. The van der Waals surface area contributed by atoms with Crippen molar-refractivity contribution < 1.29 is 5.11 Å². The molecule has 0 bridgehead atoms. The Labute approximate surface area is 83.0 Å². The van der Waals surface area contributed by atoms with Gasteiger partial charge in [0.2, 0.25) is 0 Å². The fraction of sp³-hybridized carbons (Fsp3) is 1.00.